The summed E-state index contributed by atoms with van der Waals surface area (Å²) in [6.07, 6.45) is 1.51. The second kappa shape index (κ2) is 9.67. The van der Waals surface area contributed by atoms with Gasteiger partial charge in [0.05, 0.1) is 11.6 Å². The zero-order chi connectivity index (χ0) is 23.4. The molecule has 4 rings (SSSR count). The molecule has 5 nitrogen and oxygen atoms in total. The van der Waals surface area contributed by atoms with Crippen LogP contribution in [-0.2, 0) is 4.79 Å². The first kappa shape index (κ1) is 22.2. The number of amides is 1. The van der Waals surface area contributed by atoms with Crippen LogP contribution in [-0.4, -0.2) is 11.9 Å². The predicted molar refractivity (Wildman–Crippen MR) is 132 cm³/mol. The lowest BCUT2D eigenvalue weighted by molar-refractivity contribution is -0.611. The monoisotopic (exact) mass is 437 g/mol. The first-order valence-electron chi connectivity index (χ1n) is 10.9. The number of carbonyl (C=O) groups is 1. The normalized spacial score (nSPS) is 11.9. The van der Waals surface area contributed by atoms with Gasteiger partial charge in [-0.15, -0.1) is 0 Å². The van der Waals surface area contributed by atoms with Crippen LogP contribution >= 0.6 is 0 Å². The molecule has 0 bridgehead atoms. The van der Waals surface area contributed by atoms with Gasteiger partial charge in [0.2, 0.25) is 5.91 Å². The van der Waals surface area contributed by atoms with Crippen LogP contribution in [0.15, 0.2) is 97.2 Å². The highest BCUT2D eigenvalue weighted by Crippen LogP contribution is 2.29. The second-order valence-electron chi connectivity index (χ2n) is 8.18. The van der Waals surface area contributed by atoms with Gasteiger partial charge in [-0.3, -0.25) is 4.79 Å². The molecule has 1 amide bonds. The fraction of sp³-hybridized carbons (Fsp3) is 0.143. The fourth-order valence-electron chi connectivity index (χ4n) is 4.23. The Bertz CT molecular complexity index is 1200. The Morgan fingerprint density at radius 1 is 0.848 bits per heavy atom. The van der Waals surface area contributed by atoms with E-state index in [4.69, 9.17) is 5.73 Å². The number of nitrogens with zero attached hydrogens (tertiary/aromatic N) is 1. The van der Waals surface area contributed by atoms with Crippen molar-refractivity contribution in [3.8, 4) is 11.1 Å². The molecular formula is C28H27N3O2. The van der Waals surface area contributed by atoms with Gasteiger partial charge in [-0.25, -0.2) is 0 Å². The van der Waals surface area contributed by atoms with Crippen LogP contribution in [0.25, 0.3) is 11.1 Å². The van der Waals surface area contributed by atoms with Crippen molar-refractivity contribution in [3.05, 3.63) is 125 Å². The molecule has 1 atom stereocenters. The lowest BCUT2D eigenvalue weighted by Gasteiger charge is -2.24. The van der Waals surface area contributed by atoms with Crippen LogP contribution in [0.2, 0.25) is 0 Å². The number of anilines is 1. The van der Waals surface area contributed by atoms with Crippen molar-refractivity contribution >= 4 is 11.6 Å². The van der Waals surface area contributed by atoms with Gasteiger partial charge in [0.1, 0.15) is 0 Å². The van der Waals surface area contributed by atoms with Gasteiger partial charge in [0.25, 0.3) is 0 Å². The number of aromatic nitrogens is 1. The summed E-state index contributed by atoms with van der Waals surface area (Å²) in [6, 6.07) is 28.2. The number of aryl methyl sites for hydroxylation is 1. The number of nitrogens with two attached hydrogens (primary N) is 1. The molecule has 0 radical (unpaired) electrons. The van der Waals surface area contributed by atoms with Crippen molar-refractivity contribution in [3.63, 3.8) is 0 Å². The van der Waals surface area contributed by atoms with Gasteiger partial charge in [-0.1, -0.05) is 72.8 Å². The van der Waals surface area contributed by atoms with Crippen LogP contribution in [0.5, 0.6) is 0 Å². The van der Waals surface area contributed by atoms with E-state index in [1.807, 2.05) is 91.9 Å². The predicted octanol–water partition coefficient (Wildman–Crippen LogP) is 4.70. The van der Waals surface area contributed by atoms with Crippen LogP contribution in [0, 0.1) is 19.1 Å². The van der Waals surface area contributed by atoms with Crippen molar-refractivity contribution in [1.29, 1.82) is 0 Å². The summed E-state index contributed by atoms with van der Waals surface area (Å²) in [5, 5.41) is 14.9. The molecule has 33 heavy (non-hydrogen) atoms. The van der Waals surface area contributed by atoms with Crippen molar-refractivity contribution in [2.45, 2.75) is 25.8 Å². The van der Waals surface area contributed by atoms with Crippen molar-refractivity contribution in [2.24, 2.45) is 5.73 Å². The Balaban J connectivity index is 1.57. The minimum Gasteiger partial charge on any atom is -0.618 e. The first-order valence-corrected chi connectivity index (χ1v) is 10.9. The molecule has 0 saturated carbocycles. The number of benzene rings is 3. The summed E-state index contributed by atoms with van der Waals surface area (Å²) >= 11 is 0. The zero-order valence-electron chi connectivity index (χ0n) is 18.7. The van der Waals surface area contributed by atoms with E-state index in [2.05, 4.69) is 5.32 Å². The highest BCUT2D eigenvalue weighted by atomic mass is 16.5. The quantitative estimate of drug-likeness (QED) is 0.339. The van der Waals surface area contributed by atoms with Gasteiger partial charge in [0.15, 0.2) is 11.9 Å². The van der Waals surface area contributed by atoms with Crippen LogP contribution in [0.3, 0.4) is 0 Å². The molecule has 5 heteroatoms. The van der Waals surface area contributed by atoms with Gasteiger partial charge in [-0.2, -0.15) is 4.73 Å². The third-order valence-corrected chi connectivity index (χ3v) is 5.97. The third-order valence-electron chi connectivity index (χ3n) is 5.97. The smallest absolute Gasteiger partial charge is 0.242 e. The van der Waals surface area contributed by atoms with E-state index in [9.17, 15) is 10.0 Å². The number of hydrogen-bond donors (Lipinski definition) is 2. The standard InChI is InChI=1S/C28H27N3O2/c1-19-17-18-31(33)20(2)25(19)23-13-15-24(16-14-23)30-28(32)27(29)26(21-9-5-3-6-10-21)22-11-7-4-8-12-22/h3-18,26-27H,29H2,1-2H3,(H,30,32)/t27-/m0/s1. The summed E-state index contributed by atoms with van der Waals surface area (Å²) in [5.74, 6) is -0.529. The van der Waals surface area contributed by atoms with Gasteiger partial charge in [-0.05, 0) is 41.3 Å². The number of rotatable bonds is 6. The Morgan fingerprint density at radius 2 is 1.39 bits per heavy atom. The van der Waals surface area contributed by atoms with E-state index in [-0.39, 0.29) is 11.8 Å². The molecule has 0 fully saturated rings. The van der Waals surface area contributed by atoms with Crippen molar-refractivity contribution < 1.29 is 9.52 Å². The molecule has 166 valence electrons. The van der Waals surface area contributed by atoms with Gasteiger partial charge in [0, 0.05) is 24.6 Å². The molecule has 3 N–H and O–H groups in total. The molecule has 1 heterocycles. The Labute approximate surface area is 194 Å². The summed E-state index contributed by atoms with van der Waals surface area (Å²) in [5.41, 5.74) is 12.6. The highest BCUT2D eigenvalue weighted by Gasteiger charge is 2.27. The Kier molecular flexibility index (Phi) is 6.52. The Morgan fingerprint density at radius 3 is 1.94 bits per heavy atom. The molecular weight excluding hydrogens is 410 g/mol. The zero-order valence-corrected chi connectivity index (χ0v) is 18.7. The number of carbonyl (C=O) groups excluding carboxylic acids is 1. The third kappa shape index (κ3) is 4.78. The molecule has 0 spiro atoms. The highest BCUT2D eigenvalue weighted by molar-refractivity contribution is 5.96. The van der Waals surface area contributed by atoms with E-state index in [0.717, 1.165) is 32.5 Å². The summed E-state index contributed by atoms with van der Waals surface area (Å²) in [7, 11) is 0. The average Bonchev–Trinajstić information content (AvgIpc) is 2.84. The number of hydrogen-bond acceptors (Lipinski definition) is 3. The Hall–Kier alpha value is -3.96. The minimum atomic E-state index is -0.771. The van der Waals surface area contributed by atoms with E-state index in [0.29, 0.717) is 11.4 Å². The van der Waals surface area contributed by atoms with Crippen molar-refractivity contribution in [1.82, 2.24) is 0 Å². The van der Waals surface area contributed by atoms with E-state index < -0.39 is 6.04 Å². The minimum absolute atomic E-state index is 0.259. The van der Waals surface area contributed by atoms with Crippen LogP contribution < -0.4 is 15.8 Å². The van der Waals surface area contributed by atoms with Gasteiger partial charge >= 0.3 is 0 Å². The maximum atomic E-state index is 13.1. The van der Waals surface area contributed by atoms with E-state index in [1.54, 1.807) is 13.0 Å². The molecule has 3 aromatic carbocycles. The maximum absolute atomic E-state index is 13.1. The average molecular weight is 438 g/mol. The lowest BCUT2D eigenvalue weighted by Crippen LogP contribution is -2.41. The molecule has 0 aliphatic heterocycles. The lowest BCUT2D eigenvalue weighted by atomic mass is 9.85. The summed E-state index contributed by atoms with van der Waals surface area (Å²) < 4.78 is 0.865. The molecule has 1 aromatic heterocycles. The number of nitrogens with one attached hydrogen (secondary N) is 1. The van der Waals surface area contributed by atoms with E-state index in [1.165, 1.54) is 6.20 Å². The molecule has 0 saturated heterocycles. The summed E-state index contributed by atoms with van der Waals surface area (Å²) in [4.78, 5) is 13.1. The summed E-state index contributed by atoms with van der Waals surface area (Å²) in [6.45, 7) is 3.78. The van der Waals surface area contributed by atoms with Crippen LogP contribution in [0.4, 0.5) is 5.69 Å². The fourth-order valence-corrected chi connectivity index (χ4v) is 4.23. The first-order chi connectivity index (χ1) is 16.0. The molecule has 0 aliphatic carbocycles. The molecule has 4 aromatic rings. The molecule has 0 unspecified atom stereocenters. The molecule has 0 aliphatic rings. The number of pyridine rings is 1. The van der Waals surface area contributed by atoms with Gasteiger partial charge < -0.3 is 16.3 Å². The largest absolute Gasteiger partial charge is 0.618 e. The van der Waals surface area contributed by atoms with Crippen LogP contribution in [0.1, 0.15) is 28.3 Å². The van der Waals surface area contributed by atoms with E-state index >= 15 is 0 Å². The van der Waals surface area contributed by atoms with Crippen molar-refractivity contribution in [2.75, 3.05) is 5.32 Å². The second-order valence-corrected chi connectivity index (χ2v) is 8.18. The topological polar surface area (TPSA) is 82.1 Å². The maximum Gasteiger partial charge on any atom is 0.242 e. The SMILES string of the molecule is Cc1cc[n+]([O-])c(C)c1-c1ccc(NC(=O)[C@@H](N)C(c2ccccc2)c2ccccc2)cc1.